The quantitative estimate of drug-likeness (QED) is 0.784. The van der Waals surface area contributed by atoms with Crippen LogP contribution in [0.5, 0.6) is 0 Å². The normalized spacial score (nSPS) is 10.5. The maximum atomic E-state index is 11.2. The number of aromatic nitrogens is 3. The van der Waals surface area contributed by atoms with Gasteiger partial charge in [0.2, 0.25) is 0 Å². The number of hydrogen-bond acceptors (Lipinski definition) is 2. The van der Waals surface area contributed by atoms with E-state index in [1.807, 2.05) is 6.07 Å². The predicted molar refractivity (Wildman–Crippen MR) is 56.2 cm³/mol. The highest BCUT2D eigenvalue weighted by molar-refractivity contribution is 6.31. The summed E-state index contributed by atoms with van der Waals surface area (Å²) >= 11 is 5.92. The van der Waals surface area contributed by atoms with Gasteiger partial charge in [0.25, 0.3) is 0 Å². The van der Waals surface area contributed by atoms with Gasteiger partial charge in [0.15, 0.2) is 0 Å². The van der Waals surface area contributed by atoms with Crippen LogP contribution in [0.4, 0.5) is 0 Å². The van der Waals surface area contributed by atoms with Crippen LogP contribution in [0.25, 0.3) is 0 Å². The minimum absolute atomic E-state index is 0.247. The van der Waals surface area contributed by atoms with E-state index in [0.717, 1.165) is 5.56 Å². The summed E-state index contributed by atoms with van der Waals surface area (Å²) in [6.45, 7) is 0.247. The molecule has 6 heteroatoms. The van der Waals surface area contributed by atoms with Crippen molar-refractivity contribution in [2.45, 2.75) is 6.54 Å². The second-order valence-corrected chi connectivity index (χ2v) is 3.46. The van der Waals surface area contributed by atoms with Gasteiger partial charge in [-0.05, 0) is 11.6 Å². The van der Waals surface area contributed by atoms with Crippen molar-refractivity contribution in [2.75, 3.05) is 0 Å². The Hall–Kier alpha value is -1.75. The van der Waals surface area contributed by atoms with E-state index in [2.05, 4.69) is 10.1 Å². The molecule has 0 unspecified atom stereocenters. The molecule has 2 N–H and O–H groups in total. The molecule has 0 aliphatic carbocycles. The van der Waals surface area contributed by atoms with E-state index in [-0.39, 0.29) is 6.54 Å². The fraction of sp³-hybridized carbons (Fsp3) is 0.111. The minimum Gasteiger partial charge on any atom is -0.257 e. The number of aromatic amines is 2. The van der Waals surface area contributed by atoms with Gasteiger partial charge in [-0.15, -0.1) is 0 Å². The number of hydrogen-bond donors (Lipinski definition) is 2. The first-order chi connectivity index (χ1) is 7.16. The van der Waals surface area contributed by atoms with Crippen LogP contribution in [0.1, 0.15) is 5.56 Å². The topological polar surface area (TPSA) is 70.7 Å². The van der Waals surface area contributed by atoms with E-state index in [9.17, 15) is 9.59 Å². The molecule has 78 valence electrons. The molecule has 0 spiro atoms. The molecule has 0 radical (unpaired) electrons. The molecule has 2 rings (SSSR count). The van der Waals surface area contributed by atoms with E-state index >= 15 is 0 Å². The predicted octanol–water partition coefficient (Wildman–Crippen LogP) is 0.566. The smallest absolute Gasteiger partial charge is 0.257 e. The molecule has 1 aromatic heterocycles. The van der Waals surface area contributed by atoms with E-state index in [0.29, 0.717) is 5.02 Å². The first-order valence-electron chi connectivity index (χ1n) is 4.29. The van der Waals surface area contributed by atoms with Crippen LogP contribution in [0.3, 0.4) is 0 Å². The van der Waals surface area contributed by atoms with E-state index in [1.54, 1.807) is 18.2 Å². The van der Waals surface area contributed by atoms with Crippen molar-refractivity contribution >= 4 is 11.6 Å². The Morgan fingerprint density at radius 2 is 2.00 bits per heavy atom. The molecule has 1 aromatic carbocycles. The van der Waals surface area contributed by atoms with Crippen LogP contribution in [-0.2, 0) is 6.54 Å². The second kappa shape index (κ2) is 3.78. The van der Waals surface area contributed by atoms with Gasteiger partial charge in [-0.3, -0.25) is 4.98 Å². The number of halogens is 1. The average Bonchev–Trinajstić information content (AvgIpc) is 2.49. The summed E-state index contributed by atoms with van der Waals surface area (Å²) in [5.41, 5.74) is -0.219. The van der Waals surface area contributed by atoms with Crippen LogP contribution in [0.2, 0.25) is 5.02 Å². The van der Waals surface area contributed by atoms with Gasteiger partial charge < -0.3 is 0 Å². The fourth-order valence-corrected chi connectivity index (χ4v) is 1.47. The lowest BCUT2D eigenvalue weighted by Gasteiger charge is -2.02. The maximum absolute atomic E-state index is 11.2. The monoisotopic (exact) mass is 225 g/mol. The Kier molecular flexibility index (Phi) is 2.47. The molecular formula is C9H8ClN3O2. The molecule has 2 aromatic rings. The molecule has 15 heavy (non-hydrogen) atoms. The molecule has 0 aliphatic rings. The summed E-state index contributed by atoms with van der Waals surface area (Å²) < 4.78 is 1.17. The second-order valence-electron chi connectivity index (χ2n) is 3.05. The van der Waals surface area contributed by atoms with Crippen LogP contribution >= 0.6 is 11.6 Å². The Morgan fingerprint density at radius 3 is 2.60 bits per heavy atom. The zero-order valence-corrected chi connectivity index (χ0v) is 8.41. The summed E-state index contributed by atoms with van der Waals surface area (Å²) in [6, 6.07) is 7.14. The van der Waals surface area contributed by atoms with Crippen LogP contribution in [-0.4, -0.2) is 14.8 Å². The zero-order chi connectivity index (χ0) is 10.8. The van der Waals surface area contributed by atoms with Gasteiger partial charge in [0.1, 0.15) is 0 Å². The minimum atomic E-state index is -0.521. The van der Waals surface area contributed by atoms with Crippen LogP contribution in [0, 0.1) is 0 Å². The van der Waals surface area contributed by atoms with Crippen molar-refractivity contribution in [1.29, 1.82) is 0 Å². The van der Waals surface area contributed by atoms with Crippen molar-refractivity contribution in [3.8, 4) is 0 Å². The van der Waals surface area contributed by atoms with Crippen molar-refractivity contribution in [2.24, 2.45) is 0 Å². The number of rotatable bonds is 2. The molecule has 0 saturated heterocycles. The molecule has 0 bridgehead atoms. The SMILES string of the molecule is O=c1[nH]c(=O)n(Cc2ccccc2Cl)[nH]1. The largest absolute Gasteiger partial charge is 0.344 e. The molecule has 0 saturated carbocycles. The first-order valence-corrected chi connectivity index (χ1v) is 4.67. The van der Waals surface area contributed by atoms with Gasteiger partial charge in [-0.1, -0.05) is 29.8 Å². The first kappa shape index (κ1) is 9.79. The van der Waals surface area contributed by atoms with Gasteiger partial charge in [0.05, 0.1) is 6.54 Å². The Bertz CT molecular complexity index is 581. The van der Waals surface area contributed by atoms with Crippen molar-refractivity contribution in [3.05, 3.63) is 55.8 Å². The van der Waals surface area contributed by atoms with E-state index in [4.69, 9.17) is 11.6 Å². The highest BCUT2D eigenvalue weighted by Crippen LogP contribution is 2.14. The van der Waals surface area contributed by atoms with E-state index < -0.39 is 11.4 Å². The summed E-state index contributed by atoms with van der Waals surface area (Å²) in [6.07, 6.45) is 0. The lowest BCUT2D eigenvalue weighted by molar-refractivity contribution is 0.654. The highest BCUT2D eigenvalue weighted by Gasteiger charge is 2.03. The summed E-state index contributed by atoms with van der Waals surface area (Å²) in [7, 11) is 0. The highest BCUT2D eigenvalue weighted by atomic mass is 35.5. The number of nitrogens with one attached hydrogen (secondary N) is 2. The van der Waals surface area contributed by atoms with Crippen molar-refractivity contribution < 1.29 is 0 Å². The third-order valence-corrected chi connectivity index (χ3v) is 2.36. The lowest BCUT2D eigenvalue weighted by atomic mass is 10.2. The standard InChI is InChI=1S/C9H8ClN3O2/c10-7-4-2-1-3-6(7)5-13-9(15)11-8(14)12-13/h1-4H,5H2,(H2,11,12,14,15). The molecule has 0 amide bonds. The van der Waals surface area contributed by atoms with Crippen molar-refractivity contribution in [3.63, 3.8) is 0 Å². The molecule has 0 fully saturated rings. The lowest BCUT2D eigenvalue weighted by Crippen LogP contribution is -2.18. The van der Waals surface area contributed by atoms with Gasteiger partial charge in [-0.2, -0.15) is 0 Å². The summed E-state index contributed by atoms with van der Waals surface area (Å²) in [4.78, 5) is 24.1. The Morgan fingerprint density at radius 1 is 1.27 bits per heavy atom. The molecule has 5 nitrogen and oxygen atoms in total. The van der Waals surface area contributed by atoms with Gasteiger partial charge >= 0.3 is 11.4 Å². The van der Waals surface area contributed by atoms with E-state index in [1.165, 1.54) is 4.68 Å². The molecule has 1 heterocycles. The average molecular weight is 226 g/mol. The number of H-pyrrole nitrogens is 2. The number of nitrogens with zero attached hydrogens (tertiary/aromatic N) is 1. The van der Waals surface area contributed by atoms with Crippen molar-refractivity contribution in [1.82, 2.24) is 14.8 Å². The van der Waals surface area contributed by atoms with Crippen LogP contribution < -0.4 is 11.4 Å². The number of benzene rings is 1. The molecular weight excluding hydrogens is 218 g/mol. The third kappa shape index (κ3) is 2.02. The Labute approximate surface area is 89.3 Å². The molecule has 0 atom stereocenters. The van der Waals surface area contributed by atoms with Gasteiger partial charge in [0, 0.05) is 5.02 Å². The molecule has 0 aliphatic heterocycles. The fourth-order valence-electron chi connectivity index (χ4n) is 1.27. The third-order valence-electron chi connectivity index (χ3n) is 1.99. The van der Waals surface area contributed by atoms with Gasteiger partial charge in [-0.25, -0.2) is 19.4 Å². The Balaban J connectivity index is 2.38. The van der Waals surface area contributed by atoms with Crippen LogP contribution in [0.15, 0.2) is 33.9 Å². The maximum Gasteiger partial charge on any atom is 0.344 e. The summed E-state index contributed by atoms with van der Waals surface area (Å²) in [5, 5.41) is 2.92. The zero-order valence-electron chi connectivity index (χ0n) is 7.66. The summed E-state index contributed by atoms with van der Waals surface area (Å²) in [5.74, 6) is 0.